The van der Waals surface area contributed by atoms with Gasteiger partial charge in [-0.2, -0.15) is 0 Å². The largest absolute Gasteiger partial charge is 0.481 e. The van der Waals surface area contributed by atoms with E-state index < -0.39 is 36.1 Å². The molecule has 10 N–H and O–H groups in total. The summed E-state index contributed by atoms with van der Waals surface area (Å²) in [6, 6.07) is 15.4. The van der Waals surface area contributed by atoms with Crippen molar-refractivity contribution in [2.24, 2.45) is 0 Å². The maximum Gasteiger partial charge on any atom is 0.303 e. The van der Waals surface area contributed by atoms with Gasteiger partial charge >= 0.3 is 23.9 Å². The van der Waals surface area contributed by atoms with Gasteiger partial charge in [-0.05, 0) is 210 Å². The lowest BCUT2D eigenvalue weighted by molar-refractivity contribution is -0.138. The minimum Gasteiger partial charge on any atom is -0.481 e. The standard InChI is InChI=1S/C34H38N4O6.C34H34N4O4/c1-15-21(7-9-31(41)42)27-14-28-22(8-10-32(43)44)16(2)24(36-28)12-29-34(20(6)40)18(4)26(38-29)13-30-33(19(5)39)17(3)25(37-30)11-23(15)35-27;1-7-21-17(3)25-13-26-19(5)23(9-11-33(39)40)31(37-26)16-32-24(10-12-34(41)42)20(6)28(38-32)15-30-22(8-2)18(4)27(36-30)14-29(21)35-25/h11-14,19-20,35,38-40H,7-10H2,1-6H3,(H,41,42)(H,43,44);7-8,13-16,35,38H,1-2,9-12H2,3-6H3,(H,39,40)(H,41,42). The molecule has 4 aliphatic rings. The summed E-state index contributed by atoms with van der Waals surface area (Å²) in [5, 5.41) is 59.4. The number of aliphatic hydroxyl groups is 2. The van der Waals surface area contributed by atoms with Crippen LogP contribution >= 0.6 is 0 Å². The van der Waals surface area contributed by atoms with E-state index in [0.29, 0.717) is 63.5 Å². The number of hydrogen-bond acceptors (Lipinski definition) is 10. The smallest absolute Gasteiger partial charge is 0.303 e. The predicted octanol–water partition coefficient (Wildman–Crippen LogP) is 13.6. The summed E-state index contributed by atoms with van der Waals surface area (Å²) < 4.78 is 0. The molecule has 0 fully saturated rings. The molecule has 10 rings (SSSR count). The maximum absolute atomic E-state index is 11.6. The van der Waals surface area contributed by atoms with Crippen molar-refractivity contribution in [3.8, 4) is 0 Å². The third-order valence-electron chi connectivity index (χ3n) is 16.9. The van der Waals surface area contributed by atoms with E-state index in [9.17, 15) is 49.8 Å². The van der Waals surface area contributed by atoms with Gasteiger partial charge in [-0.25, -0.2) is 19.9 Å². The highest BCUT2D eigenvalue weighted by Gasteiger charge is 2.26. The average Bonchev–Trinajstić information content (AvgIpc) is 2.01. The Balaban J connectivity index is 0.000000206. The van der Waals surface area contributed by atoms with Crippen molar-refractivity contribution in [2.45, 2.75) is 133 Å². The van der Waals surface area contributed by atoms with Crippen LogP contribution in [0.2, 0.25) is 0 Å². The SMILES string of the molecule is C=CC1=C(C)c2cc3[nH]c(cc4nc(cc5[nH]c(cc1n2)c(C)c5CCC(=O)O)C(CCC(=O)O)=C4C)c(C)c3C=C.CC1=C(CCC(=O)O)c2cc3[nH]c(cc4nc(cc5[nH]c(cc1n2)c(C(C)O)c5C)C(C(C)O)=C4C)c(C)c3CCC(=O)O. The van der Waals surface area contributed by atoms with Crippen LogP contribution in [0.4, 0.5) is 0 Å². The Bertz CT molecular complexity index is 4400. The molecule has 2 unspecified atom stereocenters. The summed E-state index contributed by atoms with van der Waals surface area (Å²) in [5.74, 6) is -3.59. The number of fused-ring (bicyclic) bond motifs is 16. The predicted molar refractivity (Wildman–Crippen MR) is 339 cm³/mol. The molecule has 86 heavy (non-hydrogen) atoms. The highest BCUT2D eigenvalue weighted by Crippen LogP contribution is 2.40. The number of nitrogens with one attached hydrogen (secondary N) is 4. The number of aliphatic hydroxyl groups excluding tert-OH is 2. The maximum atomic E-state index is 11.6. The first kappa shape index (κ1) is 61.1. The van der Waals surface area contributed by atoms with Gasteiger partial charge in [0.15, 0.2) is 0 Å². The van der Waals surface area contributed by atoms with Gasteiger partial charge in [0.25, 0.3) is 0 Å². The molecule has 4 aliphatic heterocycles. The zero-order valence-electron chi connectivity index (χ0n) is 50.1. The highest BCUT2D eigenvalue weighted by molar-refractivity contribution is 6.00. The quantitative estimate of drug-likeness (QED) is 0.0431. The number of nitrogens with zero attached hydrogens (tertiary/aromatic N) is 4. The summed E-state index contributed by atoms with van der Waals surface area (Å²) in [6.07, 6.45) is 3.06. The second kappa shape index (κ2) is 24.6. The summed E-state index contributed by atoms with van der Waals surface area (Å²) in [6.45, 7) is 27.1. The first-order chi connectivity index (χ1) is 40.8. The summed E-state index contributed by atoms with van der Waals surface area (Å²) >= 11 is 0. The molecule has 0 amide bonds. The topological polar surface area (TPSA) is 304 Å². The number of aromatic amines is 4. The van der Waals surface area contributed by atoms with E-state index in [-0.39, 0.29) is 38.5 Å². The molecule has 18 nitrogen and oxygen atoms in total. The molecule has 0 saturated carbocycles. The number of hydrogen-bond donors (Lipinski definition) is 10. The van der Waals surface area contributed by atoms with Crippen molar-refractivity contribution in [1.29, 1.82) is 0 Å². The third kappa shape index (κ3) is 12.1. The number of rotatable bonds is 16. The van der Waals surface area contributed by atoms with Crippen LogP contribution in [0.3, 0.4) is 0 Å². The molecule has 0 spiro atoms. The van der Waals surface area contributed by atoms with Crippen molar-refractivity contribution >= 4 is 119 Å². The Morgan fingerprint density at radius 3 is 1.24 bits per heavy atom. The first-order valence-electron chi connectivity index (χ1n) is 28.6. The van der Waals surface area contributed by atoms with E-state index >= 15 is 0 Å². The number of carboxylic acids is 4. The van der Waals surface area contributed by atoms with Gasteiger partial charge in [0.05, 0.1) is 57.8 Å². The molecule has 2 atom stereocenters. The molecule has 10 heterocycles. The van der Waals surface area contributed by atoms with Crippen LogP contribution in [0.1, 0.15) is 176 Å². The van der Waals surface area contributed by atoms with Crippen molar-refractivity contribution in [1.82, 2.24) is 39.9 Å². The lowest BCUT2D eigenvalue weighted by Crippen LogP contribution is -2.02. The fourth-order valence-corrected chi connectivity index (χ4v) is 12.1. The number of H-pyrrole nitrogens is 4. The fourth-order valence-electron chi connectivity index (χ4n) is 12.1. The Hall–Kier alpha value is -9.52. The molecule has 16 bridgehead atoms. The van der Waals surface area contributed by atoms with Gasteiger partial charge in [-0.3, -0.25) is 19.2 Å². The van der Waals surface area contributed by atoms with E-state index in [0.717, 1.165) is 128 Å². The van der Waals surface area contributed by atoms with Crippen LogP contribution in [0, 0.1) is 27.7 Å². The van der Waals surface area contributed by atoms with Gasteiger partial charge in [-0.1, -0.05) is 25.3 Å². The van der Waals surface area contributed by atoms with E-state index in [1.807, 2.05) is 110 Å². The van der Waals surface area contributed by atoms with Crippen LogP contribution in [0.25, 0.3) is 94.8 Å². The number of carbonyl (C=O) groups is 4. The molecule has 18 heteroatoms. The lowest BCUT2D eigenvalue weighted by Gasteiger charge is -2.07. The minimum atomic E-state index is -0.917. The fraction of sp³-hybridized carbons (Fsp3) is 0.294. The number of carboxylic acid groups (broad SMARTS) is 4. The average molecular weight is 1160 g/mol. The van der Waals surface area contributed by atoms with Gasteiger partial charge in [0.2, 0.25) is 0 Å². The number of aromatic nitrogens is 8. The molecule has 6 aromatic rings. The van der Waals surface area contributed by atoms with Gasteiger partial charge in [-0.15, -0.1) is 0 Å². The van der Waals surface area contributed by atoms with E-state index in [4.69, 9.17) is 19.9 Å². The lowest BCUT2D eigenvalue weighted by atomic mass is 9.99. The second-order valence-corrected chi connectivity index (χ2v) is 22.4. The van der Waals surface area contributed by atoms with Crippen molar-refractivity contribution in [2.75, 3.05) is 0 Å². The molecular weight excluding hydrogens is 1090 g/mol. The zero-order valence-corrected chi connectivity index (χ0v) is 50.1. The highest BCUT2D eigenvalue weighted by atomic mass is 16.4. The summed E-state index contributed by atoms with van der Waals surface area (Å²) in [7, 11) is 0. The molecule has 0 aliphatic carbocycles. The van der Waals surface area contributed by atoms with Crippen LogP contribution in [-0.4, -0.2) is 100 Å². The minimum absolute atomic E-state index is 0.0259. The summed E-state index contributed by atoms with van der Waals surface area (Å²) in [4.78, 5) is 79.8. The Morgan fingerprint density at radius 1 is 0.419 bits per heavy atom. The van der Waals surface area contributed by atoms with Gasteiger partial charge in [0, 0.05) is 92.1 Å². The second-order valence-electron chi connectivity index (χ2n) is 22.4. The molecular formula is C68H72N8O10. The number of aliphatic carboxylic acids is 4. The van der Waals surface area contributed by atoms with Crippen LogP contribution in [0.5, 0.6) is 0 Å². The molecule has 0 aromatic carbocycles. The first-order valence-corrected chi connectivity index (χ1v) is 28.6. The summed E-state index contributed by atoms with van der Waals surface area (Å²) in [5.41, 5.74) is 25.4. The third-order valence-corrected chi connectivity index (χ3v) is 16.9. The normalized spacial score (nSPS) is 13.9. The van der Waals surface area contributed by atoms with Crippen LogP contribution in [-0.2, 0) is 32.0 Å². The van der Waals surface area contributed by atoms with Crippen molar-refractivity contribution < 1.29 is 49.8 Å². The molecule has 0 radical (unpaired) electrons. The van der Waals surface area contributed by atoms with E-state index in [1.165, 1.54) is 0 Å². The number of allylic oxidation sites excluding steroid dienone is 8. The van der Waals surface area contributed by atoms with Crippen molar-refractivity contribution in [3.63, 3.8) is 0 Å². The number of aryl methyl sites for hydroxylation is 6. The molecule has 6 aromatic heterocycles. The Labute approximate surface area is 496 Å². The monoisotopic (exact) mass is 1160 g/mol. The zero-order chi connectivity index (χ0) is 62.3. The van der Waals surface area contributed by atoms with Crippen LogP contribution in [0.15, 0.2) is 67.8 Å². The van der Waals surface area contributed by atoms with Crippen LogP contribution < -0.4 is 0 Å². The van der Waals surface area contributed by atoms with E-state index in [1.54, 1.807) is 19.9 Å². The van der Waals surface area contributed by atoms with Gasteiger partial charge in [0.1, 0.15) is 0 Å². The Morgan fingerprint density at radius 2 is 0.779 bits per heavy atom. The molecule has 0 saturated heterocycles. The van der Waals surface area contributed by atoms with E-state index in [2.05, 4.69) is 33.1 Å². The van der Waals surface area contributed by atoms with Crippen molar-refractivity contribution in [3.05, 3.63) is 158 Å². The van der Waals surface area contributed by atoms with Gasteiger partial charge < -0.3 is 50.6 Å². The Kier molecular flexibility index (Phi) is 17.5. The molecule has 444 valence electrons.